The van der Waals surface area contributed by atoms with Gasteiger partial charge in [0.15, 0.2) is 18.1 Å². The van der Waals surface area contributed by atoms with Gasteiger partial charge in [-0.3, -0.25) is 4.79 Å². The molecule has 0 aliphatic heterocycles. The smallest absolute Gasteiger partial charge is 0.262 e. The Kier molecular flexibility index (Phi) is 7.69. The minimum absolute atomic E-state index is 0.0346. The van der Waals surface area contributed by atoms with Gasteiger partial charge in [0.1, 0.15) is 17.7 Å². The number of carbonyl (C=O) groups is 1. The van der Waals surface area contributed by atoms with Crippen LogP contribution in [-0.4, -0.2) is 25.7 Å². The van der Waals surface area contributed by atoms with Crippen molar-refractivity contribution >= 4 is 27.9 Å². The van der Waals surface area contributed by atoms with E-state index in [-0.39, 0.29) is 24.1 Å². The Morgan fingerprint density at radius 1 is 1.37 bits per heavy atom. The minimum Gasteiger partial charge on any atom is -0.493 e. The zero-order valence-corrected chi connectivity index (χ0v) is 17.0. The molecule has 1 aromatic carbocycles. The molecule has 1 N–H and O–H groups in total. The van der Waals surface area contributed by atoms with Crippen molar-refractivity contribution in [2.75, 3.05) is 13.7 Å². The highest BCUT2D eigenvalue weighted by molar-refractivity contribution is 9.10. The molecular formula is C20H22BrN3O3. The fraction of sp³-hybridized carbons (Fsp3) is 0.450. The number of ether oxygens (including phenoxy) is 2. The topological polar surface area (TPSA) is 95.1 Å². The van der Waals surface area contributed by atoms with Gasteiger partial charge in [-0.15, -0.1) is 0 Å². The number of carbonyl (C=O) groups excluding carboxylic acids is 1. The molecule has 0 spiro atoms. The summed E-state index contributed by atoms with van der Waals surface area (Å²) >= 11 is 3.38. The van der Waals surface area contributed by atoms with Gasteiger partial charge in [0.05, 0.1) is 11.6 Å². The number of nitrogens with zero attached hydrogens (tertiary/aromatic N) is 2. The molecule has 27 heavy (non-hydrogen) atoms. The molecule has 0 bridgehead atoms. The van der Waals surface area contributed by atoms with Crippen LogP contribution in [0.25, 0.3) is 6.08 Å². The predicted molar refractivity (Wildman–Crippen MR) is 105 cm³/mol. The first-order valence-corrected chi connectivity index (χ1v) is 9.59. The van der Waals surface area contributed by atoms with E-state index in [1.165, 1.54) is 19.6 Å². The number of amides is 1. The summed E-state index contributed by atoms with van der Waals surface area (Å²) in [5, 5.41) is 21.1. The van der Waals surface area contributed by atoms with Crippen molar-refractivity contribution in [3.8, 4) is 23.6 Å². The number of halogens is 1. The zero-order valence-electron chi connectivity index (χ0n) is 15.4. The molecule has 7 heteroatoms. The lowest BCUT2D eigenvalue weighted by Crippen LogP contribution is -2.41. The number of methoxy groups -OCH3 is 1. The number of rotatable bonds is 6. The fourth-order valence-electron chi connectivity index (χ4n) is 3.16. The molecule has 1 aliphatic rings. The number of benzene rings is 1. The highest BCUT2D eigenvalue weighted by Gasteiger charge is 2.24. The molecule has 0 saturated heterocycles. The highest BCUT2D eigenvalue weighted by Crippen LogP contribution is 2.37. The fourth-order valence-corrected chi connectivity index (χ4v) is 3.73. The molecular weight excluding hydrogens is 410 g/mol. The Bertz CT molecular complexity index is 808. The van der Waals surface area contributed by atoms with Gasteiger partial charge in [-0.2, -0.15) is 10.5 Å². The predicted octanol–water partition coefficient (Wildman–Crippen LogP) is 3.96. The molecule has 1 saturated carbocycles. The maximum atomic E-state index is 12.5. The average Bonchev–Trinajstić information content (AvgIpc) is 2.66. The maximum absolute atomic E-state index is 12.5. The van der Waals surface area contributed by atoms with Crippen molar-refractivity contribution in [1.82, 2.24) is 5.32 Å². The summed E-state index contributed by atoms with van der Waals surface area (Å²) in [6.07, 6.45) is 5.82. The number of nitriles is 2. The second-order valence-corrected chi connectivity index (χ2v) is 7.35. The van der Waals surface area contributed by atoms with Gasteiger partial charge in [0.2, 0.25) is 0 Å². The first-order valence-electron chi connectivity index (χ1n) is 8.80. The van der Waals surface area contributed by atoms with Crippen LogP contribution in [0.2, 0.25) is 0 Å². The number of hydrogen-bond donors (Lipinski definition) is 1. The van der Waals surface area contributed by atoms with Gasteiger partial charge in [0.25, 0.3) is 5.91 Å². The summed E-state index contributed by atoms with van der Waals surface area (Å²) in [6, 6.07) is 7.35. The Hall–Kier alpha value is -2.51. The van der Waals surface area contributed by atoms with Crippen molar-refractivity contribution in [3.63, 3.8) is 0 Å². The van der Waals surface area contributed by atoms with Crippen molar-refractivity contribution in [3.05, 3.63) is 27.7 Å². The van der Waals surface area contributed by atoms with Crippen LogP contribution < -0.4 is 14.8 Å². The number of hydrogen-bond acceptors (Lipinski definition) is 5. The Labute approximate surface area is 167 Å². The molecule has 1 amide bonds. The summed E-state index contributed by atoms with van der Waals surface area (Å²) in [6.45, 7) is 2.01. The first-order chi connectivity index (χ1) is 13.0. The molecule has 6 nitrogen and oxygen atoms in total. The summed E-state index contributed by atoms with van der Waals surface area (Å²) < 4.78 is 11.2. The third-order valence-corrected chi connectivity index (χ3v) is 5.23. The van der Waals surface area contributed by atoms with E-state index in [4.69, 9.17) is 14.7 Å². The largest absolute Gasteiger partial charge is 0.493 e. The molecule has 142 valence electrons. The maximum Gasteiger partial charge on any atom is 0.262 e. The third kappa shape index (κ3) is 5.48. The van der Waals surface area contributed by atoms with Crippen molar-refractivity contribution in [1.29, 1.82) is 10.5 Å². The van der Waals surface area contributed by atoms with Gasteiger partial charge in [0, 0.05) is 6.04 Å². The van der Waals surface area contributed by atoms with Crippen LogP contribution in [-0.2, 0) is 4.79 Å². The molecule has 1 fully saturated rings. The molecule has 0 radical (unpaired) electrons. The van der Waals surface area contributed by atoms with E-state index < -0.39 is 0 Å². The zero-order chi connectivity index (χ0) is 19.8. The van der Waals surface area contributed by atoms with Crippen molar-refractivity contribution in [2.24, 2.45) is 5.92 Å². The second-order valence-electron chi connectivity index (χ2n) is 6.49. The van der Waals surface area contributed by atoms with Crippen LogP contribution in [0.4, 0.5) is 0 Å². The molecule has 1 aliphatic carbocycles. The van der Waals surface area contributed by atoms with Crippen LogP contribution in [0.3, 0.4) is 0 Å². The summed E-state index contributed by atoms with van der Waals surface area (Å²) in [7, 11) is 1.48. The van der Waals surface area contributed by atoms with E-state index in [1.54, 1.807) is 12.1 Å². The van der Waals surface area contributed by atoms with Gasteiger partial charge in [-0.25, -0.2) is 0 Å². The van der Waals surface area contributed by atoms with Crippen LogP contribution >= 0.6 is 15.9 Å². The normalized spacial score (nSPS) is 19.5. The van der Waals surface area contributed by atoms with Crippen LogP contribution in [0.1, 0.15) is 38.2 Å². The van der Waals surface area contributed by atoms with Crippen LogP contribution in [0.5, 0.6) is 11.5 Å². The molecule has 0 heterocycles. The standard InChI is InChI=1S/C20H22BrN3O3/c1-13-5-3-4-6-17(13)24-20(25)15(12-23)9-14-10-16(21)19(27-8-7-22)18(11-14)26-2/h9-11,13,17H,3-6,8H2,1-2H3,(H,24,25)/b15-9+/t13-,17-/m0/s1. The van der Waals surface area contributed by atoms with Gasteiger partial charge < -0.3 is 14.8 Å². The summed E-state index contributed by atoms with van der Waals surface area (Å²) in [5.41, 5.74) is 0.652. The lowest BCUT2D eigenvalue weighted by molar-refractivity contribution is -0.118. The molecule has 0 unspecified atom stereocenters. The van der Waals surface area contributed by atoms with Gasteiger partial charge in [-0.1, -0.05) is 19.8 Å². The minimum atomic E-state index is -0.365. The SMILES string of the molecule is COc1cc(/C=C(\C#N)C(=O)N[C@H]2CCCC[C@@H]2C)cc(Br)c1OCC#N. The Morgan fingerprint density at radius 3 is 2.74 bits per heavy atom. The van der Waals surface area contributed by atoms with Crippen molar-refractivity contribution in [2.45, 2.75) is 38.6 Å². The average molecular weight is 432 g/mol. The van der Waals surface area contributed by atoms with Gasteiger partial charge in [-0.05, 0) is 58.5 Å². The molecule has 2 atom stereocenters. The number of nitrogens with one attached hydrogen (secondary N) is 1. The highest BCUT2D eigenvalue weighted by atomic mass is 79.9. The lowest BCUT2D eigenvalue weighted by atomic mass is 9.86. The van der Waals surface area contributed by atoms with Gasteiger partial charge >= 0.3 is 0 Å². The van der Waals surface area contributed by atoms with Crippen LogP contribution in [0, 0.1) is 28.6 Å². The summed E-state index contributed by atoms with van der Waals surface area (Å²) in [5.74, 6) is 0.851. The van der Waals surface area contributed by atoms with E-state index in [1.807, 2.05) is 12.1 Å². The monoisotopic (exact) mass is 431 g/mol. The van der Waals surface area contributed by atoms with E-state index in [9.17, 15) is 10.1 Å². The second kappa shape index (κ2) is 9.99. The molecule has 2 rings (SSSR count). The van der Waals surface area contributed by atoms with E-state index >= 15 is 0 Å². The molecule has 0 aromatic heterocycles. The van der Waals surface area contributed by atoms with Crippen molar-refractivity contribution < 1.29 is 14.3 Å². The van der Waals surface area contributed by atoms with E-state index in [0.29, 0.717) is 27.5 Å². The Balaban J connectivity index is 2.23. The Morgan fingerprint density at radius 2 is 2.11 bits per heavy atom. The van der Waals surface area contributed by atoms with Crippen LogP contribution in [0.15, 0.2) is 22.2 Å². The van der Waals surface area contributed by atoms with E-state index in [2.05, 4.69) is 28.2 Å². The quantitative estimate of drug-likeness (QED) is 0.542. The lowest BCUT2D eigenvalue weighted by Gasteiger charge is -2.29. The summed E-state index contributed by atoms with van der Waals surface area (Å²) in [4.78, 5) is 12.5. The molecule has 1 aromatic rings. The first kappa shape index (κ1) is 20.8. The van der Waals surface area contributed by atoms with E-state index in [0.717, 1.165) is 19.3 Å². The third-order valence-electron chi connectivity index (χ3n) is 4.64.